The lowest BCUT2D eigenvalue weighted by atomic mass is 9.95. The highest BCUT2D eigenvalue weighted by Crippen LogP contribution is 2.24. The van der Waals surface area contributed by atoms with Crippen LogP contribution in [0.1, 0.15) is 37.7 Å². The zero-order valence-electron chi connectivity index (χ0n) is 11.1. The molecule has 1 aromatic carbocycles. The van der Waals surface area contributed by atoms with Gasteiger partial charge in [-0.3, -0.25) is 4.79 Å². The summed E-state index contributed by atoms with van der Waals surface area (Å²) in [6.07, 6.45) is 2.32. The minimum absolute atomic E-state index is 0.0849. The summed E-state index contributed by atoms with van der Waals surface area (Å²) in [4.78, 5) is 25.2. The molecule has 2 atom stereocenters. The number of rotatable bonds is 3. The summed E-state index contributed by atoms with van der Waals surface area (Å²) < 4.78 is 0. The van der Waals surface area contributed by atoms with Crippen molar-refractivity contribution in [3.63, 3.8) is 0 Å². The van der Waals surface area contributed by atoms with Crippen molar-refractivity contribution in [1.29, 1.82) is 0 Å². The Balaban J connectivity index is 2.15. The maximum Gasteiger partial charge on any atom is 0.326 e. The van der Waals surface area contributed by atoms with Crippen LogP contribution in [0.25, 0.3) is 0 Å². The molecule has 1 aliphatic heterocycles. The number of amides is 1. The lowest BCUT2D eigenvalue weighted by Gasteiger charge is -2.34. The zero-order valence-corrected chi connectivity index (χ0v) is 11.1. The van der Waals surface area contributed by atoms with Crippen molar-refractivity contribution in [1.82, 2.24) is 4.90 Å². The Labute approximate surface area is 113 Å². The molecule has 4 nitrogen and oxygen atoms in total. The van der Waals surface area contributed by atoms with Gasteiger partial charge in [0.1, 0.15) is 6.04 Å². The Morgan fingerprint density at radius 3 is 2.58 bits per heavy atom. The largest absolute Gasteiger partial charge is 0.480 e. The fourth-order valence-electron chi connectivity index (χ4n) is 2.59. The monoisotopic (exact) mass is 261 g/mol. The Bertz CT molecular complexity index is 458. The molecule has 1 amide bonds. The van der Waals surface area contributed by atoms with Crippen LogP contribution in [0.4, 0.5) is 0 Å². The summed E-state index contributed by atoms with van der Waals surface area (Å²) in [7, 11) is 0. The maximum absolute atomic E-state index is 12.5. The first-order valence-electron chi connectivity index (χ1n) is 6.69. The van der Waals surface area contributed by atoms with E-state index in [1.54, 1.807) is 0 Å². The SMILES string of the molecule is C[C@H](C(=O)N1CCCCC1C(=O)O)c1ccccc1. The van der Waals surface area contributed by atoms with Crippen LogP contribution in [0.15, 0.2) is 30.3 Å². The van der Waals surface area contributed by atoms with Crippen molar-refractivity contribution < 1.29 is 14.7 Å². The first-order chi connectivity index (χ1) is 9.11. The molecule has 1 unspecified atom stereocenters. The maximum atomic E-state index is 12.5. The van der Waals surface area contributed by atoms with Gasteiger partial charge in [0.2, 0.25) is 5.91 Å². The van der Waals surface area contributed by atoms with Crippen molar-refractivity contribution >= 4 is 11.9 Å². The van der Waals surface area contributed by atoms with E-state index in [1.807, 2.05) is 37.3 Å². The Morgan fingerprint density at radius 2 is 1.95 bits per heavy atom. The van der Waals surface area contributed by atoms with E-state index in [2.05, 4.69) is 0 Å². The van der Waals surface area contributed by atoms with Crippen LogP contribution in [0.2, 0.25) is 0 Å². The highest BCUT2D eigenvalue weighted by Gasteiger charge is 2.34. The highest BCUT2D eigenvalue weighted by molar-refractivity contribution is 5.88. The second-order valence-electron chi connectivity index (χ2n) is 5.01. The van der Waals surface area contributed by atoms with Crippen LogP contribution in [-0.4, -0.2) is 34.5 Å². The van der Waals surface area contributed by atoms with Crippen LogP contribution in [0.3, 0.4) is 0 Å². The van der Waals surface area contributed by atoms with Gasteiger partial charge in [-0.15, -0.1) is 0 Å². The molecule has 1 aromatic rings. The number of hydrogen-bond acceptors (Lipinski definition) is 2. The third-order valence-corrected chi connectivity index (χ3v) is 3.74. The van der Waals surface area contributed by atoms with E-state index in [1.165, 1.54) is 4.90 Å². The van der Waals surface area contributed by atoms with E-state index in [4.69, 9.17) is 0 Å². The molecule has 0 aliphatic carbocycles. The minimum atomic E-state index is -0.895. The number of carbonyl (C=O) groups excluding carboxylic acids is 1. The van der Waals surface area contributed by atoms with E-state index in [-0.39, 0.29) is 11.8 Å². The quantitative estimate of drug-likeness (QED) is 0.908. The number of carboxylic acid groups (broad SMARTS) is 1. The lowest BCUT2D eigenvalue weighted by Crippen LogP contribution is -2.49. The van der Waals surface area contributed by atoms with Crippen LogP contribution in [0.5, 0.6) is 0 Å². The molecule has 1 aliphatic rings. The van der Waals surface area contributed by atoms with Gasteiger partial charge in [0.15, 0.2) is 0 Å². The number of hydrogen-bond donors (Lipinski definition) is 1. The molecule has 19 heavy (non-hydrogen) atoms. The van der Waals surface area contributed by atoms with Crippen molar-refractivity contribution in [3.05, 3.63) is 35.9 Å². The summed E-state index contributed by atoms with van der Waals surface area (Å²) in [6, 6.07) is 8.84. The molecular weight excluding hydrogens is 242 g/mol. The van der Waals surface area contributed by atoms with Gasteiger partial charge in [-0.1, -0.05) is 30.3 Å². The zero-order chi connectivity index (χ0) is 13.8. The highest BCUT2D eigenvalue weighted by atomic mass is 16.4. The van der Waals surface area contributed by atoms with E-state index >= 15 is 0 Å². The third-order valence-electron chi connectivity index (χ3n) is 3.74. The average Bonchev–Trinajstić information content (AvgIpc) is 2.46. The Hall–Kier alpha value is -1.84. The predicted molar refractivity (Wildman–Crippen MR) is 71.8 cm³/mol. The molecule has 2 rings (SSSR count). The predicted octanol–water partition coefficient (Wildman–Crippen LogP) is 2.26. The first-order valence-corrected chi connectivity index (χ1v) is 6.69. The normalized spacial score (nSPS) is 20.9. The first kappa shape index (κ1) is 13.6. The van der Waals surface area contributed by atoms with Gasteiger partial charge in [0.25, 0.3) is 0 Å². The van der Waals surface area contributed by atoms with E-state index in [0.717, 1.165) is 18.4 Å². The second-order valence-corrected chi connectivity index (χ2v) is 5.01. The fraction of sp³-hybridized carbons (Fsp3) is 0.467. The van der Waals surface area contributed by atoms with Gasteiger partial charge in [-0.25, -0.2) is 4.79 Å². The van der Waals surface area contributed by atoms with Crippen molar-refractivity contribution in [2.75, 3.05) is 6.54 Å². The summed E-state index contributed by atoms with van der Waals surface area (Å²) in [5, 5.41) is 9.22. The molecule has 1 saturated heterocycles. The van der Waals surface area contributed by atoms with Crippen LogP contribution >= 0.6 is 0 Å². The molecule has 0 saturated carbocycles. The summed E-state index contributed by atoms with van der Waals surface area (Å²) in [6.45, 7) is 2.39. The molecule has 4 heteroatoms. The number of nitrogens with zero attached hydrogens (tertiary/aromatic N) is 1. The molecule has 0 bridgehead atoms. The Kier molecular flexibility index (Phi) is 4.20. The summed E-state index contributed by atoms with van der Waals surface area (Å²) in [5.41, 5.74) is 0.933. The number of carboxylic acids is 1. The van der Waals surface area contributed by atoms with Crippen LogP contribution < -0.4 is 0 Å². The van der Waals surface area contributed by atoms with Gasteiger partial charge < -0.3 is 10.0 Å². The number of piperidine rings is 1. The number of aliphatic carboxylic acids is 1. The molecule has 0 radical (unpaired) electrons. The smallest absolute Gasteiger partial charge is 0.326 e. The molecule has 1 N–H and O–H groups in total. The minimum Gasteiger partial charge on any atom is -0.480 e. The average molecular weight is 261 g/mol. The van der Waals surface area contributed by atoms with E-state index < -0.39 is 12.0 Å². The van der Waals surface area contributed by atoms with Crippen molar-refractivity contribution in [2.45, 2.75) is 38.1 Å². The summed E-state index contributed by atoms with van der Waals surface area (Å²) >= 11 is 0. The Morgan fingerprint density at radius 1 is 1.26 bits per heavy atom. The lowest BCUT2D eigenvalue weighted by molar-refractivity contribution is -0.152. The van der Waals surface area contributed by atoms with Gasteiger partial charge in [-0.2, -0.15) is 0 Å². The molecular formula is C15H19NO3. The van der Waals surface area contributed by atoms with E-state index in [0.29, 0.717) is 13.0 Å². The summed E-state index contributed by atoms with van der Waals surface area (Å²) in [5.74, 6) is -1.27. The molecule has 1 fully saturated rings. The molecule has 0 spiro atoms. The molecule has 1 heterocycles. The van der Waals surface area contributed by atoms with Crippen molar-refractivity contribution in [3.8, 4) is 0 Å². The topological polar surface area (TPSA) is 57.6 Å². The van der Waals surface area contributed by atoms with Crippen LogP contribution in [-0.2, 0) is 9.59 Å². The molecule has 102 valence electrons. The second kappa shape index (κ2) is 5.87. The van der Waals surface area contributed by atoms with E-state index in [9.17, 15) is 14.7 Å². The number of benzene rings is 1. The third kappa shape index (κ3) is 2.95. The van der Waals surface area contributed by atoms with Gasteiger partial charge in [0, 0.05) is 6.54 Å². The molecule has 0 aromatic heterocycles. The standard InChI is InChI=1S/C15H19NO3/c1-11(12-7-3-2-4-8-12)14(17)16-10-6-5-9-13(16)15(18)19/h2-4,7-8,11,13H,5-6,9-10H2,1H3,(H,18,19)/t11-,13?/m0/s1. The van der Waals surface area contributed by atoms with Gasteiger partial charge >= 0.3 is 5.97 Å². The van der Waals surface area contributed by atoms with Gasteiger partial charge in [0.05, 0.1) is 5.92 Å². The number of carbonyl (C=O) groups is 2. The van der Waals surface area contributed by atoms with Crippen molar-refractivity contribution in [2.24, 2.45) is 0 Å². The fourth-order valence-corrected chi connectivity index (χ4v) is 2.59. The number of likely N-dealkylation sites (tertiary alicyclic amines) is 1. The van der Waals surface area contributed by atoms with Crippen LogP contribution in [0, 0.1) is 0 Å². The van der Waals surface area contributed by atoms with Gasteiger partial charge in [-0.05, 0) is 31.7 Å².